The first kappa shape index (κ1) is 16.8. The molecule has 5 heteroatoms. The SMILES string of the molecule is COC(=O)c1ccc(-c2nc3ccc(OCc4ccccc4)cc3[nH]2)cc1. The molecule has 0 saturated carbocycles. The number of benzene rings is 3. The minimum atomic E-state index is -0.355. The van der Waals surface area contributed by atoms with Gasteiger partial charge in [0.25, 0.3) is 0 Å². The minimum Gasteiger partial charge on any atom is -0.489 e. The Labute approximate surface area is 156 Å². The number of H-pyrrole nitrogens is 1. The highest BCUT2D eigenvalue weighted by molar-refractivity contribution is 5.90. The number of fused-ring (bicyclic) bond motifs is 1. The Balaban J connectivity index is 1.54. The van der Waals surface area contributed by atoms with Crippen LogP contribution in [0.3, 0.4) is 0 Å². The second-order valence-corrected chi connectivity index (χ2v) is 6.11. The number of nitrogens with one attached hydrogen (secondary N) is 1. The van der Waals surface area contributed by atoms with Crippen LogP contribution >= 0.6 is 0 Å². The van der Waals surface area contributed by atoms with Crippen LogP contribution in [0.1, 0.15) is 15.9 Å². The third kappa shape index (κ3) is 3.67. The number of methoxy groups -OCH3 is 1. The van der Waals surface area contributed by atoms with Crippen LogP contribution in [0.4, 0.5) is 0 Å². The molecular formula is C22H18N2O3. The number of nitrogens with zero attached hydrogens (tertiary/aromatic N) is 1. The lowest BCUT2D eigenvalue weighted by atomic mass is 10.1. The number of aromatic nitrogens is 2. The zero-order valence-electron chi connectivity index (χ0n) is 14.8. The maximum Gasteiger partial charge on any atom is 0.337 e. The molecule has 5 nitrogen and oxygen atoms in total. The number of carbonyl (C=O) groups excluding carboxylic acids is 1. The van der Waals surface area contributed by atoms with E-state index in [9.17, 15) is 4.79 Å². The zero-order valence-corrected chi connectivity index (χ0v) is 14.8. The number of aromatic amines is 1. The first-order valence-electron chi connectivity index (χ1n) is 8.58. The van der Waals surface area contributed by atoms with Gasteiger partial charge in [0.05, 0.1) is 23.7 Å². The summed E-state index contributed by atoms with van der Waals surface area (Å²) in [5.74, 6) is 1.16. The molecule has 0 fully saturated rings. The Morgan fingerprint density at radius 2 is 1.78 bits per heavy atom. The van der Waals surface area contributed by atoms with Gasteiger partial charge in [-0.1, -0.05) is 42.5 Å². The molecule has 0 aliphatic carbocycles. The van der Waals surface area contributed by atoms with Crippen molar-refractivity contribution in [3.8, 4) is 17.1 Å². The fraction of sp³-hybridized carbons (Fsp3) is 0.0909. The fourth-order valence-corrected chi connectivity index (χ4v) is 2.84. The van der Waals surface area contributed by atoms with Crippen LogP contribution in [0.2, 0.25) is 0 Å². The van der Waals surface area contributed by atoms with Crippen LogP contribution in [-0.2, 0) is 11.3 Å². The zero-order chi connectivity index (χ0) is 18.6. The van der Waals surface area contributed by atoms with E-state index in [1.54, 1.807) is 12.1 Å². The molecule has 0 aliphatic rings. The van der Waals surface area contributed by atoms with Crippen LogP contribution in [0.25, 0.3) is 22.4 Å². The standard InChI is InChI=1S/C22H18N2O3/c1-26-22(25)17-9-7-16(8-10-17)21-23-19-12-11-18(13-20(19)24-21)27-14-15-5-3-2-4-6-15/h2-13H,14H2,1H3,(H,23,24). The highest BCUT2D eigenvalue weighted by atomic mass is 16.5. The average Bonchev–Trinajstić information content (AvgIpc) is 3.16. The van der Waals surface area contributed by atoms with Gasteiger partial charge < -0.3 is 14.5 Å². The molecule has 134 valence electrons. The van der Waals surface area contributed by atoms with Gasteiger partial charge in [0, 0.05) is 11.6 Å². The van der Waals surface area contributed by atoms with Gasteiger partial charge in [0.1, 0.15) is 18.2 Å². The summed E-state index contributed by atoms with van der Waals surface area (Å²) in [5.41, 5.74) is 4.27. The van der Waals surface area contributed by atoms with Crippen LogP contribution in [0, 0.1) is 0 Å². The quantitative estimate of drug-likeness (QED) is 0.530. The van der Waals surface area contributed by atoms with Crippen LogP contribution in [0.5, 0.6) is 5.75 Å². The van der Waals surface area contributed by atoms with E-state index in [1.165, 1.54) is 7.11 Å². The molecular weight excluding hydrogens is 340 g/mol. The van der Waals surface area contributed by atoms with E-state index in [2.05, 4.69) is 9.97 Å². The lowest BCUT2D eigenvalue weighted by Crippen LogP contribution is -2.00. The van der Waals surface area contributed by atoms with Crippen molar-refractivity contribution in [1.82, 2.24) is 9.97 Å². The second kappa shape index (κ2) is 7.33. The summed E-state index contributed by atoms with van der Waals surface area (Å²) in [6.45, 7) is 0.516. The van der Waals surface area contributed by atoms with Crippen molar-refractivity contribution in [3.63, 3.8) is 0 Å². The van der Waals surface area contributed by atoms with Gasteiger partial charge in [-0.05, 0) is 29.8 Å². The Bertz CT molecular complexity index is 1070. The number of imidazole rings is 1. The first-order chi connectivity index (χ1) is 13.2. The maximum absolute atomic E-state index is 11.5. The summed E-state index contributed by atoms with van der Waals surface area (Å²) < 4.78 is 10.6. The Kier molecular flexibility index (Phi) is 4.58. The molecule has 0 radical (unpaired) electrons. The number of esters is 1. The number of hydrogen-bond donors (Lipinski definition) is 1. The van der Waals surface area contributed by atoms with E-state index in [4.69, 9.17) is 9.47 Å². The molecule has 0 spiro atoms. The molecule has 27 heavy (non-hydrogen) atoms. The third-order valence-electron chi connectivity index (χ3n) is 4.28. The second-order valence-electron chi connectivity index (χ2n) is 6.11. The highest BCUT2D eigenvalue weighted by Crippen LogP contribution is 2.24. The van der Waals surface area contributed by atoms with Gasteiger partial charge in [0.15, 0.2) is 0 Å². The van der Waals surface area contributed by atoms with Crippen LogP contribution < -0.4 is 4.74 Å². The van der Waals surface area contributed by atoms with Crippen molar-refractivity contribution >= 4 is 17.0 Å². The van der Waals surface area contributed by atoms with Crippen molar-refractivity contribution in [1.29, 1.82) is 0 Å². The lowest BCUT2D eigenvalue weighted by molar-refractivity contribution is 0.0601. The largest absolute Gasteiger partial charge is 0.489 e. The van der Waals surface area contributed by atoms with E-state index in [0.717, 1.165) is 33.7 Å². The van der Waals surface area contributed by atoms with E-state index < -0.39 is 0 Å². The average molecular weight is 358 g/mol. The summed E-state index contributed by atoms with van der Waals surface area (Å²) in [6.07, 6.45) is 0. The predicted molar refractivity (Wildman–Crippen MR) is 104 cm³/mol. The molecule has 0 unspecified atom stereocenters. The smallest absolute Gasteiger partial charge is 0.337 e. The van der Waals surface area contributed by atoms with Crippen molar-refractivity contribution in [2.75, 3.05) is 7.11 Å². The van der Waals surface area contributed by atoms with E-state index in [-0.39, 0.29) is 5.97 Å². The van der Waals surface area contributed by atoms with Crippen molar-refractivity contribution in [2.24, 2.45) is 0 Å². The summed E-state index contributed by atoms with van der Waals surface area (Å²) >= 11 is 0. The van der Waals surface area contributed by atoms with Gasteiger partial charge in [-0.15, -0.1) is 0 Å². The van der Waals surface area contributed by atoms with E-state index in [0.29, 0.717) is 12.2 Å². The van der Waals surface area contributed by atoms with Crippen molar-refractivity contribution < 1.29 is 14.3 Å². The number of hydrogen-bond acceptors (Lipinski definition) is 4. The van der Waals surface area contributed by atoms with Crippen molar-refractivity contribution in [2.45, 2.75) is 6.61 Å². The molecule has 0 aliphatic heterocycles. The number of rotatable bonds is 5. The van der Waals surface area contributed by atoms with Gasteiger partial charge in [-0.3, -0.25) is 0 Å². The Morgan fingerprint density at radius 1 is 1.00 bits per heavy atom. The highest BCUT2D eigenvalue weighted by Gasteiger charge is 2.09. The molecule has 3 aromatic carbocycles. The fourth-order valence-electron chi connectivity index (χ4n) is 2.84. The van der Waals surface area contributed by atoms with Gasteiger partial charge in [-0.25, -0.2) is 9.78 Å². The van der Waals surface area contributed by atoms with E-state index in [1.807, 2.05) is 60.7 Å². The molecule has 0 saturated heterocycles. The molecule has 1 N–H and O–H groups in total. The Morgan fingerprint density at radius 3 is 2.52 bits per heavy atom. The molecule has 0 atom stereocenters. The normalized spacial score (nSPS) is 10.7. The minimum absolute atomic E-state index is 0.355. The number of ether oxygens (including phenoxy) is 2. The predicted octanol–water partition coefficient (Wildman–Crippen LogP) is 4.60. The molecule has 4 rings (SSSR count). The summed E-state index contributed by atoms with van der Waals surface area (Å²) in [5, 5.41) is 0. The van der Waals surface area contributed by atoms with Gasteiger partial charge in [-0.2, -0.15) is 0 Å². The van der Waals surface area contributed by atoms with E-state index >= 15 is 0 Å². The first-order valence-corrected chi connectivity index (χ1v) is 8.58. The summed E-state index contributed by atoms with van der Waals surface area (Å²) in [4.78, 5) is 19.5. The van der Waals surface area contributed by atoms with Crippen LogP contribution in [0.15, 0.2) is 72.8 Å². The van der Waals surface area contributed by atoms with Gasteiger partial charge in [0.2, 0.25) is 0 Å². The van der Waals surface area contributed by atoms with Crippen LogP contribution in [-0.4, -0.2) is 23.0 Å². The topological polar surface area (TPSA) is 64.2 Å². The van der Waals surface area contributed by atoms with Crippen molar-refractivity contribution in [3.05, 3.63) is 83.9 Å². The lowest BCUT2D eigenvalue weighted by Gasteiger charge is -2.05. The molecule has 1 heterocycles. The molecule has 0 bridgehead atoms. The maximum atomic E-state index is 11.5. The molecule has 1 aromatic heterocycles. The third-order valence-corrected chi connectivity index (χ3v) is 4.28. The summed E-state index contributed by atoms with van der Waals surface area (Å²) in [6, 6.07) is 23.0. The Hall–Kier alpha value is -3.60. The summed E-state index contributed by atoms with van der Waals surface area (Å²) in [7, 11) is 1.37. The van der Waals surface area contributed by atoms with Gasteiger partial charge >= 0.3 is 5.97 Å². The molecule has 0 amide bonds. The molecule has 4 aromatic rings. The monoisotopic (exact) mass is 358 g/mol. The number of carbonyl (C=O) groups is 1.